The van der Waals surface area contributed by atoms with Gasteiger partial charge < -0.3 is 20.9 Å². The van der Waals surface area contributed by atoms with Gasteiger partial charge in [0.25, 0.3) is 0 Å². The van der Waals surface area contributed by atoms with E-state index in [-0.39, 0.29) is 12.1 Å². The number of fused-ring (bicyclic) bond motifs is 2. The number of nitrogens with one attached hydrogen (secondary N) is 3. The predicted molar refractivity (Wildman–Crippen MR) is 153 cm³/mol. The maximum absolute atomic E-state index is 13.2. The summed E-state index contributed by atoms with van der Waals surface area (Å²) in [5.74, 6) is 1.38. The lowest BCUT2D eigenvalue weighted by Crippen LogP contribution is -2.44. The zero-order valence-electron chi connectivity index (χ0n) is 22.3. The van der Waals surface area contributed by atoms with Gasteiger partial charge in [-0.05, 0) is 68.0 Å². The van der Waals surface area contributed by atoms with E-state index in [4.69, 9.17) is 10.7 Å². The third-order valence-corrected chi connectivity index (χ3v) is 7.38. The highest BCUT2D eigenvalue weighted by atomic mass is 16.2. The van der Waals surface area contributed by atoms with Crippen molar-refractivity contribution in [2.75, 3.05) is 35.8 Å². The van der Waals surface area contributed by atoms with Gasteiger partial charge in [-0.15, -0.1) is 0 Å². The summed E-state index contributed by atoms with van der Waals surface area (Å²) in [4.78, 5) is 34.4. The Morgan fingerprint density at radius 1 is 1.05 bits per heavy atom. The Morgan fingerprint density at radius 3 is 2.62 bits per heavy atom. The van der Waals surface area contributed by atoms with Crippen molar-refractivity contribution in [2.24, 2.45) is 5.73 Å². The fourth-order valence-corrected chi connectivity index (χ4v) is 5.47. The summed E-state index contributed by atoms with van der Waals surface area (Å²) in [5, 5.41) is 5.17. The molecule has 0 unspecified atom stereocenters. The number of carbonyl (C=O) groups excluding carboxylic acids is 1. The number of hydrogen-bond donors (Lipinski definition) is 4. The van der Waals surface area contributed by atoms with Crippen molar-refractivity contribution in [3.63, 3.8) is 0 Å². The summed E-state index contributed by atoms with van der Waals surface area (Å²) in [6, 6.07) is 16.2. The van der Waals surface area contributed by atoms with Gasteiger partial charge in [0.15, 0.2) is 11.5 Å². The number of aromatic nitrogens is 4. The third-order valence-electron chi connectivity index (χ3n) is 7.38. The number of aromatic amines is 1. The fourth-order valence-electron chi connectivity index (χ4n) is 5.47. The minimum absolute atomic E-state index is 0.227. The SMILES string of the molecule is CN(C)NC(=O)N(c1ccccc1)c1ccc2c(c1)CCN2c1nc(NC2CCC(N)CC2)nc2nc[nH]c12. The molecule has 11 heteroatoms. The topological polar surface area (TPSA) is 131 Å². The number of hydrogen-bond acceptors (Lipinski definition) is 8. The van der Waals surface area contributed by atoms with Crippen molar-refractivity contribution < 1.29 is 4.79 Å². The van der Waals surface area contributed by atoms with Crippen LogP contribution >= 0.6 is 0 Å². The second-order valence-electron chi connectivity index (χ2n) is 10.4. The number of nitrogens with zero attached hydrogens (tertiary/aromatic N) is 6. The number of amides is 2. The van der Waals surface area contributed by atoms with Crippen LogP contribution in [-0.4, -0.2) is 63.7 Å². The van der Waals surface area contributed by atoms with Crippen LogP contribution in [0.1, 0.15) is 31.2 Å². The van der Waals surface area contributed by atoms with Crippen LogP contribution in [0.5, 0.6) is 0 Å². The van der Waals surface area contributed by atoms with Crippen molar-refractivity contribution >= 4 is 46.0 Å². The van der Waals surface area contributed by atoms with Gasteiger partial charge in [-0.1, -0.05) is 18.2 Å². The first kappa shape index (κ1) is 25.1. The highest BCUT2D eigenvalue weighted by Gasteiger charge is 2.28. The van der Waals surface area contributed by atoms with Gasteiger partial charge in [0.1, 0.15) is 5.52 Å². The molecule has 2 aromatic carbocycles. The Kier molecular flexibility index (Phi) is 6.76. The van der Waals surface area contributed by atoms with Crippen molar-refractivity contribution in [1.82, 2.24) is 30.4 Å². The van der Waals surface area contributed by atoms with Crippen LogP contribution in [0.25, 0.3) is 11.2 Å². The molecule has 3 heterocycles. The molecule has 5 N–H and O–H groups in total. The molecule has 2 aromatic heterocycles. The fraction of sp³-hybridized carbons (Fsp3) is 0.357. The minimum atomic E-state index is -0.227. The Bertz CT molecular complexity index is 1460. The smallest absolute Gasteiger partial charge is 0.340 e. The van der Waals surface area contributed by atoms with Crippen LogP contribution in [-0.2, 0) is 6.42 Å². The van der Waals surface area contributed by atoms with Crippen molar-refractivity contribution in [2.45, 2.75) is 44.2 Å². The first-order valence-electron chi connectivity index (χ1n) is 13.4. The van der Waals surface area contributed by atoms with E-state index in [0.717, 1.165) is 72.6 Å². The average Bonchev–Trinajstić information content (AvgIpc) is 3.57. The number of nitrogens with two attached hydrogens (primary N) is 1. The maximum Gasteiger partial charge on any atom is 0.340 e. The number of anilines is 5. The number of imidazole rings is 1. The van der Waals surface area contributed by atoms with E-state index < -0.39 is 0 Å². The standard InChI is InChI=1S/C28H34N10O/c1-36(2)35-28(39)38(21-6-4-3-5-7-21)22-12-13-23-18(16-22)14-15-37(23)26-24-25(31-17-30-24)33-27(34-26)32-20-10-8-19(29)9-11-20/h3-7,12-13,16-17,19-20H,8-11,14-15,29H2,1-2H3,(H,35,39)(H2,30,31,32,33,34). The van der Waals surface area contributed by atoms with Crippen LogP contribution in [0.4, 0.5) is 33.6 Å². The molecule has 0 bridgehead atoms. The van der Waals surface area contributed by atoms with Gasteiger partial charge in [-0.3, -0.25) is 10.3 Å². The number of urea groups is 1. The average molecular weight is 527 g/mol. The Balaban J connectivity index is 1.32. The van der Waals surface area contributed by atoms with Crippen LogP contribution in [0.3, 0.4) is 0 Å². The summed E-state index contributed by atoms with van der Waals surface area (Å²) in [6.45, 7) is 0.761. The highest BCUT2D eigenvalue weighted by Crippen LogP contribution is 2.39. The molecule has 202 valence electrons. The minimum Gasteiger partial charge on any atom is -0.351 e. The van der Waals surface area contributed by atoms with Gasteiger partial charge in [0.05, 0.1) is 17.7 Å². The predicted octanol–water partition coefficient (Wildman–Crippen LogP) is 4.05. The monoisotopic (exact) mass is 526 g/mol. The molecule has 6 rings (SSSR count). The number of hydrazine groups is 1. The molecule has 1 aliphatic carbocycles. The summed E-state index contributed by atoms with van der Waals surface area (Å²) >= 11 is 0. The molecule has 1 aliphatic heterocycles. The van der Waals surface area contributed by atoms with E-state index >= 15 is 0 Å². The summed E-state index contributed by atoms with van der Waals surface area (Å²) < 4.78 is 0. The molecule has 1 saturated carbocycles. The van der Waals surface area contributed by atoms with Crippen LogP contribution < -0.4 is 26.3 Å². The van der Waals surface area contributed by atoms with Gasteiger partial charge in [0.2, 0.25) is 5.95 Å². The number of benzene rings is 2. The summed E-state index contributed by atoms with van der Waals surface area (Å²) in [5.41, 5.74) is 14.2. The van der Waals surface area contributed by atoms with Gasteiger partial charge >= 0.3 is 6.03 Å². The molecule has 1 fully saturated rings. The maximum atomic E-state index is 13.2. The first-order chi connectivity index (χ1) is 19.0. The van der Waals surface area contributed by atoms with Crippen LogP contribution in [0, 0.1) is 0 Å². The van der Waals surface area contributed by atoms with Crippen LogP contribution in [0.15, 0.2) is 54.9 Å². The van der Waals surface area contributed by atoms with Crippen molar-refractivity contribution in [1.29, 1.82) is 0 Å². The molecule has 0 radical (unpaired) electrons. The molecule has 0 saturated heterocycles. The number of rotatable bonds is 6. The summed E-state index contributed by atoms with van der Waals surface area (Å²) in [7, 11) is 3.59. The van der Waals surface area contributed by atoms with Crippen molar-refractivity contribution in [3.8, 4) is 0 Å². The molecular formula is C28H34N10O. The Morgan fingerprint density at radius 2 is 1.85 bits per heavy atom. The lowest BCUT2D eigenvalue weighted by Gasteiger charge is -2.27. The molecular weight excluding hydrogens is 492 g/mol. The molecule has 39 heavy (non-hydrogen) atoms. The zero-order chi connectivity index (χ0) is 26.9. The molecule has 2 aliphatic rings. The second-order valence-corrected chi connectivity index (χ2v) is 10.4. The zero-order valence-corrected chi connectivity index (χ0v) is 22.3. The third kappa shape index (κ3) is 5.10. The molecule has 4 aromatic rings. The van der Waals surface area contributed by atoms with E-state index in [2.05, 4.69) is 42.7 Å². The molecule has 0 atom stereocenters. The number of carbonyl (C=O) groups is 1. The van der Waals surface area contributed by atoms with Gasteiger partial charge in [-0.2, -0.15) is 9.97 Å². The first-order valence-corrected chi connectivity index (χ1v) is 13.4. The molecule has 0 spiro atoms. The van der Waals surface area contributed by atoms with Gasteiger partial charge in [-0.25, -0.2) is 14.8 Å². The quantitative estimate of drug-likeness (QED) is 0.277. The second kappa shape index (κ2) is 10.5. The van der Waals surface area contributed by atoms with Gasteiger partial charge in [0, 0.05) is 38.4 Å². The van der Waals surface area contributed by atoms with E-state index in [1.54, 1.807) is 30.3 Å². The van der Waals surface area contributed by atoms with E-state index in [9.17, 15) is 4.79 Å². The summed E-state index contributed by atoms with van der Waals surface area (Å²) in [6.07, 6.45) is 6.50. The largest absolute Gasteiger partial charge is 0.351 e. The highest BCUT2D eigenvalue weighted by molar-refractivity contribution is 5.99. The normalized spacial score (nSPS) is 18.8. The lowest BCUT2D eigenvalue weighted by atomic mass is 9.92. The number of para-hydroxylation sites is 1. The Labute approximate surface area is 227 Å². The van der Waals surface area contributed by atoms with E-state index in [0.29, 0.717) is 17.6 Å². The molecule has 11 nitrogen and oxygen atoms in total. The number of H-pyrrole nitrogens is 1. The van der Waals surface area contributed by atoms with E-state index in [1.807, 2.05) is 36.4 Å². The Hall–Kier alpha value is -4.22. The molecule has 2 amide bonds. The van der Waals surface area contributed by atoms with Crippen LogP contribution in [0.2, 0.25) is 0 Å². The van der Waals surface area contributed by atoms with E-state index in [1.165, 1.54) is 0 Å². The lowest BCUT2D eigenvalue weighted by molar-refractivity contribution is 0.220. The van der Waals surface area contributed by atoms with Crippen molar-refractivity contribution in [3.05, 3.63) is 60.4 Å².